The number of ether oxygens (including phenoxy) is 1. The van der Waals surface area contributed by atoms with Gasteiger partial charge in [-0.1, -0.05) is 6.07 Å². The van der Waals surface area contributed by atoms with Crippen molar-refractivity contribution < 1.29 is 22.3 Å². The van der Waals surface area contributed by atoms with Gasteiger partial charge in [0.2, 0.25) is 0 Å². The Labute approximate surface area is 167 Å². The third-order valence-electron chi connectivity index (χ3n) is 4.59. The van der Waals surface area contributed by atoms with Crippen molar-refractivity contribution in [3.05, 3.63) is 59.9 Å². The Morgan fingerprint density at radius 2 is 1.93 bits per heavy atom. The highest BCUT2D eigenvalue weighted by atomic mass is 19.4. The van der Waals surface area contributed by atoms with Gasteiger partial charge in [-0.05, 0) is 24.3 Å². The summed E-state index contributed by atoms with van der Waals surface area (Å²) < 4.78 is 62.1. The molecule has 0 spiro atoms. The number of nitrogens with zero attached hydrogens (tertiary/aromatic N) is 5. The van der Waals surface area contributed by atoms with Gasteiger partial charge in [-0.3, -0.25) is 9.08 Å². The number of hydrogen-bond donors (Lipinski definition) is 1. The van der Waals surface area contributed by atoms with Crippen LogP contribution in [0.4, 0.5) is 23.4 Å². The van der Waals surface area contributed by atoms with Gasteiger partial charge in [-0.25, -0.2) is 4.39 Å². The van der Waals surface area contributed by atoms with Crippen molar-refractivity contribution >= 4 is 11.5 Å². The lowest BCUT2D eigenvalue weighted by atomic mass is 10.1. The third kappa shape index (κ3) is 3.42. The lowest BCUT2D eigenvalue weighted by molar-refractivity contribution is -0.140. The van der Waals surface area contributed by atoms with Crippen LogP contribution in [-0.2, 0) is 19.8 Å². The van der Waals surface area contributed by atoms with Gasteiger partial charge in [0.05, 0.1) is 7.11 Å². The highest BCUT2D eigenvalue weighted by Gasteiger charge is 2.38. The molecule has 4 aromatic rings. The van der Waals surface area contributed by atoms with Crippen LogP contribution in [0, 0.1) is 5.82 Å². The molecule has 3 aromatic heterocycles. The fourth-order valence-corrected chi connectivity index (χ4v) is 3.24. The standard InChI is InChI=1S/C19H16F4N6O/c1-28-9-13(17(27-28)19(21,22)23)11-6-7-16(29-10-25-26-18(11)29)24-8-12-14(20)4-3-5-15(12)30-2/h3-7,9-10,24H,8H2,1-2H3. The summed E-state index contributed by atoms with van der Waals surface area (Å²) in [5.74, 6) is 0.412. The Hall–Kier alpha value is -3.63. The first-order valence-electron chi connectivity index (χ1n) is 8.79. The average Bonchev–Trinajstić information content (AvgIpc) is 3.33. The number of alkyl halides is 3. The molecule has 0 amide bonds. The Bertz CT molecular complexity index is 1210. The lowest BCUT2D eigenvalue weighted by Crippen LogP contribution is -2.09. The zero-order valence-electron chi connectivity index (χ0n) is 15.9. The van der Waals surface area contributed by atoms with Crippen molar-refractivity contribution in [3.8, 4) is 16.9 Å². The fraction of sp³-hybridized carbons (Fsp3) is 0.211. The molecule has 1 N–H and O–H groups in total. The summed E-state index contributed by atoms with van der Waals surface area (Å²) in [4.78, 5) is 0. The van der Waals surface area contributed by atoms with E-state index in [2.05, 4.69) is 20.6 Å². The number of rotatable bonds is 5. The molecule has 3 heterocycles. The van der Waals surface area contributed by atoms with Gasteiger partial charge >= 0.3 is 6.18 Å². The molecule has 156 valence electrons. The number of halogens is 4. The molecule has 0 saturated carbocycles. The predicted molar refractivity (Wildman–Crippen MR) is 100 cm³/mol. The van der Waals surface area contributed by atoms with E-state index in [-0.39, 0.29) is 23.3 Å². The second kappa shape index (κ2) is 7.32. The quantitative estimate of drug-likeness (QED) is 0.496. The molecular weight excluding hydrogens is 404 g/mol. The summed E-state index contributed by atoms with van der Waals surface area (Å²) in [6.45, 7) is 0.0865. The number of anilines is 1. The number of fused-ring (bicyclic) bond motifs is 1. The molecule has 0 aliphatic heterocycles. The van der Waals surface area contributed by atoms with Crippen molar-refractivity contribution in [1.82, 2.24) is 24.4 Å². The normalized spacial score (nSPS) is 11.8. The first kappa shape index (κ1) is 19.7. The second-order valence-electron chi connectivity index (χ2n) is 6.49. The van der Waals surface area contributed by atoms with Gasteiger partial charge in [-0.2, -0.15) is 18.3 Å². The van der Waals surface area contributed by atoms with Crippen LogP contribution >= 0.6 is 0 Å². The maximum absolute atomic E-state index is 14.2. The SMILES string of the molecule is COc1cccc(F)c1CNc1ccc(-c2cn(C)nc2C(F)(F)F)c2nncn12. The van der Waals surface area contributed by atoms with Crippen LogP contribution in [0.1, 0.15) is 11.3 Å². The van der Waals surface area contributed by atoms with Crippen LogP contribution in [-0.4, -0.2) is 31.5 Å². The molecular formula is C19H16F4N6O. The summed E-state index contributed by atoms with van der Waals surface area (Å²) in [5, 5.41) is 14.4. The van der Waals surface area contributed by atoms with Gasteiger partial charge in [0, 0.05) is 36.5 Å². The summed E-state index contributed by atoms with van der Waals surface area (Å²) in [5.41, 5.74) is -0.366. The molecule has 0 bridgehead atoms. The Kier molecular flexibility index (Phi) is 4.80. The molecule has 11 heteroatoms. The number of hydrogen-bond acceptors (Lipinski definition) is 5. The smallest absolute Gasteiger partial charge is 0.435 e. The Balaban J connectivity index is 1.73. The molecule has 0 radical (unpaired) electrons. The summed E-state index contributed by atoms with van der Waals surface area (Å²) in [6, 6.07) is 7.57. The van der Waals surface area contributed by atoms with Crippen molar-refractivity contribution in [3.63, 3.8) is 0 Å². The van der Waals surface area contributed by atoms with E-state index in [4.69, 9.17) is 4.74 Å². The number of nitrogens with one attached hydrogen (secondary N) is 1. The van der Waals surface area contributed by atoms with Crippen LogP contribution in [0.2, 0.25) is 0 Å². The Morgan fingerprint density at radius 3 is 2.67 bits per heavy atom. The largest absolute Gasteiger partial charge is 0.496 e. The zero-order valence-corrected chi connectivity index (χ0v) is 15.9. The van der Waals surface area contributed by atoms with Crippen LogP contribution in [0.25, 0.3) is 16.8 Å². The third-order valence-corrected chi connectivity index (χ3v) is 4.59. The second-order valence-corrected chi connectivity index (χ2v) is 6.49. The number of methoxy groups -OCH3 is 1. The molecule has 4 rings (SSSR count). The van der Waals surface area contributed by atoms with E-state index >= 15 is 0 Å². The van der Waals surface area contributed by atoms with Crippen LogP contribution < -0.4 is 10.1 Å². The van der Waals surface area contributed by atoms with E-state index in [9.17, 15) is 17.6 Å². The van der Waals surface area contributed by atoms with Gasteiger partial charge in [-0.15, -0.1) is 10.2 Å². The molecule has 0 aliphatic rings. The van der Waals surface area contributed by atoms with E-state index < -0.39 is 17.7 Å². The number of benzene rings is 1. The molecule has 0 saturated heterocycles. The van der Waals surface area contributed by atoms with E-state index in [1.54, 1.807) is 12.1 Å². The van der Waals surface area contributed by atoms with E-state index in [0.29, 0.717) is 17.1 Å². The van der Waals surface area contributed by atoms with Gasteiger partial charge in [0.25, 0.3) is 0 Å². The first-order chi connectivity index (χ1) is 14.3. The van der Waals surface area contributed by atoms with Gasteiger partial charge in [0.1, 0.15) is 23.7 Å². The van der Waals surface area contributed by atoms with Crippen molar-refractivity contribution in [2.75, 3.05) is 12.4 Å². The zero-order chi connectivity index (χ0) is 21.5. The summed E-state index contributed by atoms with van der Waals surface area (Å²) in [7, 11) is 2.86. The first-order valence-corrected chi connectivity index (χ1v) is 8.79. The highest BCUT2D eigenvalue weighted by molar-refractivity contribution is 5.80. The summed E-state index contributed by atoms with van der Waals surface area (Å²) in [6.07, 6.45) is -1.97. The topological polar surface area (TPSA) is 69.3 Å². The van der Waals surface area contributed by atoms with Crippen molar-refractivity contribution in [2.24, 2.45) is 7.05 Å². The van der Waals surface area contributed by atoms with E-state index in [1.807, 2.05) is 0 Å². The monoisotopic (exact) mass is 420 g/mol. The van der Waals surface area contributed by atoms with Crippen molar-refractivity contribution in [2.45, 2.75) is 12.7 Å². The molecule has 0 fully saturated rings. The van der Waals surface area contributed by atoms with E-state index in [0.717, 1.165) is 4.68 Å². The van der Waals surface area contributed by atoms with E-state index in [1.165, 1.54) is 49.3 Å². The molecule has 30 heavy (non-hydrogen) atoms. The van der Waals surface area contributed by atoms with Crippen LogP contribution in [0.3, 0.4) is 0 Å². The minimum absolute atomic E-state index is 0.0865. The van der Waals surface area contributed by atoms with Crippen molar-refractivity contribution in [1.29, 1.82) is 0 Å². The molecule has 1 aromatic carbocycles. The summed E-state index contributed by atoms with van der Waals surface area (Å²) >= 11 is 0. The number of aryl methyl sites for hydroxylation is 1. The highest BCUT2D eigenvalue weighted by Crippen LogP contribution is 2.37. The predicted octanol–water partition coefficient (Wildman–Crippen LogP) is 3.91. The molecule has 0 unspecified atom stereocenters. The van der Waals surface area contributed by atoms with Crippen LogP contribution in [0.5, 0.6) is 5.75 Å². The van der Waals surface area contributed by atoms with Gasteiger partial charge < -0.3 is 10.1 Å². The molecule has 0 aliphatic carbocycles. The fourth-order valence-electron chi connectivity index (χ4n) is 3.24. The number of pyridine rings is 1. The minimum atomic E-state index is -4.62. The average molecular weight is 420 g/mol. The minimum Gasteiger partial charge on any atom is -0.496 e. The Morgan fingerprint density at radius 1 is 1.13 bits per heavy atom. The molecule has 7 nitrogen and oxygen atoms in total. The lowest BCUT2D eigenvalue weighted by Gasteiger charge is -2.14. The maximum Gasteiger partial charge on any atom is 0.435 e. The number of aromatic nitrogens is 5. The maximum atomic E-state index is 14.2. The van der Waals surface area contributed by atoms with Crippen LogP contribution in [0.15, 0.2) is 42.9 Å². The van der Waals surface area contributed by atoms with Gasteiger partial charge in [0.15, 0.2) is 11.3 Å². The molecule has 0 atom stereocenters.